The van der Waals surface area contributed by atoms with Crippen LogP contribution in [0.1, 0.15) is 79.5 Å². The second kappa shape index (κ2) is 13.2. The summed E-state index contributed by atoms with van der Waals surface area (Å²) in [5.41, 5.74) is 1.13. The first-order chi connectivity index (χ1) is 10.5. The fourth-order valence-corrected chi connectivity index (χ4v) is 3.12. The Morgan fingerprint density at radius 1 is 0.826 bits per heavy atom. The summed E-state index contributed by atoms with van der Waals surface area (Å²) in [5, 5.41) is 0. The summed E-state index contributed by atoms with van der Waals surface area (Å²) >= 11 is 0. The molecule has 1 rings (SSSR count). The van der Waals surface area contributed by atoms with Gasteiger partial charge in [0.25, 0.3) is 10.1 Å². The summed E-state index contributed by atoms with van der Waals surface area (Å²) in [5.74, 6) is 0. The molecule has 0 aromatic heterocycles. The molecule has 5 heteroatoms. The van der Waals surface area contributed by atoms with Crippen LogP contribution in [0.4, 0.5) is 0 Å². The van der Waals surface area contributed by atoms with Crippen LogP contribution in [0.5, 0.6) is 0 Å². The predicted octanol–water partition coefficient (Wildman–Crippen LogP) is 5.24. The smallest absolute Gasteiger partial charge is 1.00 e. The number of aryl methyl sites for hydroxylation is 1. The van der Waals surface area contributed by atoms with Crippen LogP contribution in [0, 0.1) is 0 Å². The van der Waals surface area contributed by atoms with Crippen molar-refractivity contribution in [2.75, 3.05) is 0 Å². The Balaban J connectivity index is -0.00000161. The van der Waals surface area contributed by atoms with Gasteiger partial charge in [0.2, 0.25) is 0 Å². The number of benzene rings is 1. The van der Waals surface area contributed by atoms with Crippen molar-refractivity contribution in [1.29, 1.82) is 0 Å². The molecule has 0 spiro atoms. The van der Waals surface area contributed by atoms with Crippen LogP contribution in [-0.4, -0.2) is 36.0 Å². The third-order valence-electron chi connectivity index (χ3n) is 4.04. The van der Waals surface area contributed by atoms with Crippen molar-refractivity contribution in [3.05, 3.63) is 29.8 Å². The average molecular weight is 353 g/mol. The molecule has 0 unspecified atom stereocenters. The number of unbranched alkanes of at least 4 members (excludes halogenated alkanes) is 9. The third-order valence-corrected chi connectivity index (χ3v) is 4.91. The molecule has 0 saturated heterocycles. The van der Waals surface area contributed by atoms with Gasteiger partial charge in [0.15, 0.2) is 0 Å². The number of hydrogen-bond donors (Lipinski definition) is 1. The van der Waals surface area contributed by atoms with E-state index in [0.717, 1.165) is 18.4 Å². The Hall–Kier alpha value is -0.104. The van der Waals surface area contributed by atoms with Crippen molar-refractivity contribution in [3.63, 3.8) is 0 Å². The molecule has 0 radical (unpaired) electrons. The molecular weight excluding hydrogens is 321 g/mol. The van der Waals surface area contributed by atoms with E-state index in [1.54, 1.807) is 12.1 Å². The summed E-state index contributed by atoms with van der Waals surface area (Å²) in [6.45, 7) is 2.25. The van der Waals surface area contributed by atoms with Crippen LogP contribution >= 0.6 is 0 Å². The van der Waals surface area contributed by atoms with Crippen molar-refractivity contribution in [3.8, 4) is 0 Å². The van der Waals surface area contributed by atoms with E-state index in [1.165, 1.54) is 69.9 Å². The first-order valence-corrected chi connectivity index (χ1v) is 10.0. The summed E-state index contributed by atoms with van der Waals surface area (Å²) in [4.78, 5) is -0.0284. The zero-order valence-electron chi connectivity index (χ0n) is 16.5. The SMILES string of the molecule is CCCCCCCCCCCCc1ccc(S(=O)(=O)O)cc1.[H-].[H-].[Mg+2]. The summed E-state index contributed by atoms with van der Waals surface area (Å²) in [7, 11) is -4.06. The van der Waals surface area contributed by atoms with Gasteiger partial charge < -0.3 is 2.85 Å². The average Bonchev–Trinajstić information content (AvgIpc) is 2.49. The van der Waals surface area contributed by atoms with Crippen molar-refractivity contribution in [2.24, 2.45) is 0 Å². The van der Waals surface area contributed by atoms with Crippen molar-refractivity contribution < 1.29 is 15.8 Å². The minimum Gasteiger partial charge on any atom is -1.00 e. The summed E-state index contributed by atoms with van der Waals surface area (Å²) in [6.07, 6.45) is 14.1. The zero-order valence-corrected chi connectivity index (χ0v) is 16.7. The van der Waals surface area contributed by atoms with Gasteiger partial charge in [-0.1, -0.05) is 76.8 Å². The fourth-order valence-electron chi connectivity index (χ4n) is 2.64. The van der Waals surface area contributed by atoms with Crippen molar-refractivity contribution >= 4 is 33.2 Å². The summed E-state index contributed by atoms with van der Waals surface area (Å²) < 4.78 is 30.8. The van der Waals surface area contributed by atoms with Crippen LogP contribution in [0.3, 0.4) is 0 Å². The van der Waals surface area contributed by atoms with E-state index in [4.69, 9.17) is 4.55 Å². The van der Waals surface area contributed by atoms with Gasteiger partial charge in [0.05, 0.1) is 4.90 Å². The Bertz CT molecular complexity index is 508. The molecule has 1 N–H and O–H groups in total. The maximum absolute atomic E-state index is 10.9. The Morgan fingerprint density at radius 2 is 1.26 bits per heavy atom. The van der Waals surface area contributed by atoms with Crippen LogP contribution in [0.2, 0.25) is 0 Å². The Morgan fingerprint density at radius 3 is 1.70 bits per heavy atom. The van der Waals surface area contributed by atoms with E-state index in [9.17, 15) is 8.42 Å². The molecule has 0 amide bonds. The van der Waals surface area contributed by atoms with Gasteiger partial charge in [-0.05, 0) is 30.5 Å². The molecule has 0 saturated carbocycles. The first kappa shape index (κ1) is 22.9. The van der Waals surface area contributed by atoms with Gasteiger partial charge in [-0.15, -0.1) is 0 Å². The number of rotatable bonds is 12. The van der Waals surface area contributed by atoms with E-state index in [1.807, 2.05) is 0 Å². The van der Waals surface area contributed by atoms with E-state index >= 15 is 0 Å². The maximum atomic E-state index is 10.9. The quantitative estimate of drug-likeness (QED) is 0.318. The van der Waals surface area contributed by atoms with Crippen LogP contribution in [0.15, 0.2) is 29.2 Å². The van der Waals surface area contributed by atoms with E-state index in [2.05, 4.69) is 6.92 Å². The van der Waals surface area contributed by atoms with Crippen molar-refractivity contribution in [2.45, 2.75) is 82.4 Å². The normalized spacial score (nSPS) is 11.2. The molecule has 0 aliphatic rings. The summed E-state index contributed by atoms with van der Waals surface area (Å²) in [6, 6.07) is 6.52. The van der Waals surface area contributed by atoms with E-state index in [-0.39, 0.29) is 30.8 Å². The molecule has 0 aliphatic carbocycles. The third kappa shape index (κ3) is 11.1. The van der Waals surface area contributed by atoms with Gasteiger partial charge in [-0.25, -0.2) is 0 Å². The van der Waals surface area contributed by atoms with E-state index < -0.39 is 10.1 Å². The Kier molecular flexibility index (Phi) is 13.2. The molecule has 23 heavy (non-hydrogen) atoms. The van der Waals surface area contributed by atoms with Gasteiger partial charge in [-0.2, -0.15) is 8.42 Å². The molecule has 1 aromatic carbocycles. The van der Waals surface area contributed by atoms with Gasteiger partial charge >= 0.3 is 23.1 Å². The van der Waals surface area contributed by atoms with Crippen LogP contribution < -0.4 is 0 Å². The second-order valence-corrected chi connectivity index (χ2v) is 7.47. The molecule has 3 nitrogen and oxygen atoms in total. The van der Waals surface area contributed by atoms with Crippen LogP contribution in [-0.2, 0) is 16.5 Å². The van der Waals surface area contributed by atoms with Gasteiger partial charge in [-0.3, -0.25) is 4.55 Å². The topological polar surface area (TPSA) is 54.4 Å². The largest absolute Gasteiger partial charge is 2.00 e. The molecule has 0 heterocycles. The monoisotopic (exact) mass is 352 g/mol. The zero-order chi connectivity index (χ0) is 16.3. The molecule has 0 fully saturated rings. The first-order valence-electron chi connectivity index (χ1n) is 8.60. The standard InChI is InChI=1S/C18H30O3S.Mg.2H/c1-2-3-4-5-6-7-8-9-10-11-12-17-13-15-18(16-14-17)22(19,20)21;;;/h13-16H,2-12H2,1H3,(H,19,20,21);;;/q;+2;2*-1. The second-order valence-electron chi connectivity index (χ2n) is 6.05. The molecular formula is C18H32MgO3S. The predicted molar refractivity (Wildman–Crippen MR) is 99.8 cm³/mol. The molecule has 0 aliphatic heterocycles. The number of hydrogen-bond acceptors (Lipinski definition) is 2. The van der Waals surface area contributed by atoms with Gasteiger partial charge in [0, 0.05) is 0 Å². The maximum Gasteiger partial charge on any atom is 2.00 e. The van der Waals surface area contributed by atoms with E-state index in [0.29, 0.717) is 0 Å². The van der Waals surface area contributed by atoms with Gasteiger partial charge in [0.1, 0.15) is 0 Å². The van der Waals surface area contributed by atoms with Crippen LogP contribution in [0.25, 0.3) is 0 Å². The Labute approximate surface area is 161 Å². The molecule has 0 atom stereocenters. The minimum atomic E-state index is -4.06. The minimum absolute atomic E-state index is 0. The molecule has 130 valence electrons. The molecule has 0 bridgehead atoms. The van der Waals surface area contributed by atoms with Crippen molar-refractivity contribution in [1.82, 2.24) is 0 Å². The fraction of sp³-hybridized carbons (Fsp3) is 0.667. The molecule has 1 aromatic rings.